The van der Waals surface area contributed by atoms with Gasteiger partial charge in [0.1, 0.15) is 5.69 Å². The molecule has 0 spiro atoms. The van der Waals surface area contributed by atoms with Gasteiger partial charge in [0.2, 0.25) is 0 Å². The highest BCUT2D eigenvalue weighted by Gasteiger charge is 2.25. The standard InChI is InChI=1S/C20H18ClN5OS/c1-13-17(19(27)26(24(13)2)14-9-5-4-6-10-14)25-18(22-23-20(25)28-3)15-11-7-8-12-16(15)21/h4-12H,1-3H3. The highest BCUT2D eigenvalue weighted by atomic mass is 35.5. The molecule has 0 saturated carbocycles. The number of benzene rings is 2. The minimum Gasteiger partial charge on any atom is -0.283 e. The molecule has 4 aromatic rings. The van der Waals surface area contributed by atoms with Crippen LogP contribution in [0.4, 0.5) is 0 Å². The average Bonchev–Trinajstić information content (AvgIpc) is 3.21. The van der Waals surface area contributed by atoms with Gasteiger partial charge in [-0.3, -0.25) is 14.0 Å². The molecule has 2 aromatic carbocycles. The highest BCUT2D eigenvalue weighted by Crippen LogP contribution is 2.31. The van der Waals surface area contributed by atoms with Gasteiger partial charge in [-0.1, -0.05) is 53.7 Å². The third-order valence-corrected chi connectivity index (χ3v) is 5.64. The van der Waals surface area contributed by atoms with Gasteiger partial charge in [0.15, 0.2) is 11.0 Å². The summed E-state index contributed by atoms with van der Waals surface area (Å²) in [5.74, 6) is 0.543. The van der Waals surface area contributed by atoms with Crippen LogP contribution in [0.3, 0.4) is 0 Å². The van der Waals surface area contributed by atoms with Gasteiger partial charge >= 0.3 is 0 Å². The van der Waals surface area contributed by atoms with Crippen molar-refractivity contribution in [3.8, 4) is 22.8 Å². The van der Waals surface area contributed by atoms with Gasteiger partial charge < -0.3 is 0 Å². The molecule has 8 heteroatoms. The molecule has 0 fully saturated rings. The smallest absolute Gasteiger partial charge is 0.283 e. The molecule has 0 unspecified atom stereocenters. The van der Waals surface area contributed by atoms with Crippen molar-refractivity contribution in [1.29, 1.82) is 0 Å². The van der Waals surface area contributed by atoms with Gasteiger partial charge in [0.25, 0.3) is 5.56 Å². The molecule has 0 aliphatic rings. The molecule has 4 rings (SSSR count). The first-order valence-electron chi connectivity index (χ1n) is 8.63. The number of para-hydroxylation sites is 1. The van der Waals surface area contributed by atoms with E-state index in [0.29, 0.717) is 21.7 Å². The van der Waals surface area contributed by atoms with Gasteiger partial charge in [0, 0.05) is 12.6 Å². The topological polar surface area (TPSA) is 57.6 Å². The maximum absolute atomic E-state index is 13.5. The van der Waals surface area contributed by atoms with Crippen molar-refractivity contribution >= 4 is 23.4 Å². The lowest BCUT2D eigenvalue weighted by Gasteiger charge is -2.09. The van der Waals surface area contributed by atoms with Crippen molar-refractivity contribution in [2.45, 2.75) is 12.1 Å². The van der Waals surface area contributed by atoms with Gasteiger partial charge in [-0.15, -0.1) is 10.2 Å². The summed E-state index contributed by atoms with van der Waals surface area (Å²) in [5, 5.41) is 9.80. The third kappa shape index (κ3) is 2.87. The van der Waals surface area contributed by atoms with Crippen molar-refractivity contribution < 1.29 is 0 Å². The molecule has 0 amide bonds. The molecule has 0 atom stereocenters. The van der Waals surface area contributed by atoms with E-state index in [9.17, 15) is 4.79 Å². The Hall–Kier alpha value is -2.77. The molecule has 2 aromatic heterocycles. The SMILES string of the molecule is CSc1nnc(-c2ccccc2Cl)n1-c1c(C)n(C)n(-c2ccccc2)c1=O. The van der Waals surface area contributed by atoms with E-state index >= 15 is 0 Å². The molecule has 0 aliphatic heterocycles. The van der Waals surface area contributed by atoms with Crippen LogP contribution in [-0.2, 0) is 7.05 Å². The molecular formula is C20H18ClN5OS. The largest absolute Gasteiger partial charge is 0.296 e. The van der Waals surface area contributed by atoms with Crippen LogP contribution < -0.4 is 5.56 Å². The van der Waals surface area contributed by atoms with Crippen molar-refractivity contribution in [2.24, 2.45) is 7.05 Å². The molecular weight excluding hydrogens is 394 g/mol. The number of halogens is 1. The predicted molar refractivity (Wildman–Crippen MR) is 113 cm³/mol. The Labute approximate surface area is 171 Å². The maximum Gasteiger partial charge on any atom is 0.296 e. The summed E-state index contributed by atoms with van der Waals surface area (Å²) < 4.78 is 5.28. The van der Waals surface area contributed by atoms with Gasteiger partial charge in [-0.05, 0) is 37.4 Å². The lowest BCUT2D eigenvalue weighted by Crippen LogP contribution is -2.21. The first-order valence-corrected chi connectivity index (χ1v) is 10.2. The lowest BCUT2D eigenvalue weighted by atomic mass is 10.2. The van der Waals surface area contributed by atoms with Crippen LogP contribution in [0.5, 0.6) is 0 Å². The lowest BCUT2D eigenvalue weighted by molar-refractivity contribution is 0.630. The summed E-state index contributed by atoms with van der Waals surface area (Å²) in [6.45, 7) is 1.91. The van der Waals surface area contributed by atoms with Crippen molar-refractivity contribution in [3.05, 3.63) is 75.7 Å². The number of thioether (sulfide) groups is 1. The Morgan fingerprint density at radius 1 is 1.00 bits per heavy atom. The summed E-state index contributed by atoms with van der Waals surface area (Å²) in [6, 6.07) is 17.0. The second-order valence-electron chi connectivity index (χ2n) is 6.24. The van der Waals surface area contributed by atoms with Gasteiger partial charge in [-0.2, -0.15) is 0 Å². The number of rotatable bonds is 4. The summed E-state index contributed by atoms with van der Waals surface area (Å²) in [6.07, 6.45) is 1.91. The number of aromatic nitrogens is 5. The Kier molecular flexibility index (Phi) is 4.87. The zero-order valence-electron chi connectivity index (χ0n) is 15.6. The summed E-state index contributed by atoms with van der Waals surface area (Å²) in [4.78, 5) is 13.5. The summed E-state index contributed by atoms with van der Waals surface area (Å²) in [7, 11) is 1.87. The fourth-order valence-electron chi connectivity index (χ4n) is 3.23. The zero-order valence-corrected chi connectivity index (χ0v) is 17.2. The summed E-state index contributed by atoms with van der Waals surface area (Å²) in [5.41, 5.74) is 2.69. The summed E-state index contributed by atoms with van der Waals surface area (Å²) >= 11 is 7.83. The Balaban J connectivity index is 2.03. The molecule has 0 radical (unpaired) electrons. The average molecular weight is 412 g/mol. The van der Waals surface area contributed by atoms with E-state index in [-0.39, 0.29) is 5.56 Å². The van der Waals surface area contributed by atoms with Crippen molar-refractivity contribution in [2.75, 3.05) is 6.26 Å². The van der Waals surface area contributed by atoms with Crippen LogP contribution in [-0.4, -0.2) is 30.4 Å². The van der Waals surface area contributed by atoms with Crippen LogP contribution in [0.2, 0.25) is 5.02 Å². The zero-order chi connectivity index (χ0) is 19.8. The molecule has 0 bridgehead atoms. The van der Waals surface area contributed by atoms with E-state index in [2.05, 4.69) is 10.2 Å². The molecule has 2 heterocycles. The quantitative estimate of drug-likeness (QED) is 0.474. The van der Waals surface area contributed by atoms with Crippen molar-refractivity contribution in [1.82, 2.24) is 24.1 Å². The highest BCUT2D eigenvalue weighted by molar-refractivity contribution is 7.98. The normalized spacial score (nSPS) is 11.1. The fourth-order valence-corrected chi connectivity index (χ4v) is 3.94. The second kappa shape index (κ2) is 7.33. The monoisotopic (exact) mass is 411 g/mol. The van der Waals surface area contributed by atoms with Gasteiger partial charge in [0.05, 0.1) is 16.4 Å². The molecule has 0 aliphatic carbocycles. The van der Waals surface area contributed by atoms with Crippen LogP contribution in [0.15, 0.2) is 64.5 Å². The van der Waals surface area contributed by atoms with Crippen LogP contribution >= 0.6 is 23.4 Å². The molecule has 0 N–H and O–H groups in total. The van der Waals surface area contributed by atoms with E-state index in [1.54, 1.807) is 15.3 Å². The predicted octanol–water partition coefficient (Wildman–Crippen LogP) is 4.11. The van der Waals surface area contributed by atoms with E-state index in [1.165, 1.54) is 11.8 Å². The molecule has 28 heavy (non-hydrogen) atoms. The van der Waals surface area contributed by atoms with Crippen LogP contribution in [0.25, 0.3) is 22.8 Å². The number of hydrogen-bond donors (Lipinski definition) is 0. The van der Waals surface area contributed by atoms with Crippen LogP contribution in [0, 0.1) is 6.92 Å². The first kappa shape index (κ1) is 18.6. The molecule has 142 valence electrons. The molecule has 6 nitrogen and oxygen atoms in total. The second-order valence-corrected chi connectivity index (χ2v) is 7.42. The number of nitrogens with zero attached hydrogens (tertiary/aromatic N) is 5. The minimum absolute atomic E-state index is 0.144. The Morgan fingerprint density at radius 2 is 1.68 bits per heavy atom. The van der Waals surface area contributed by atoms with Gasteiger partial charge in [-0.25, -0.2) is 4.68 Å². The number of hydrogen-bond acceptors (Lipinski definition) is 4. The Morgan fingerprint density at radius 3 is 2.36 bits per heavy atom. The third-order valence-electron chi connectivity index (χ3n) is 4.68. The fraction of sp³-hybridized carbons (Fsp3) is 0.150. The Bertz CT molecular complexity index is 1210. The maximum atomic E-state index is 13.5. The van der Waals surface area contributed by atoms with Crippen LogP contribution in [0.1, 0.15) is 5.69 Å². The van der Waals surface area contributed by atoms with Crippen molar-refractivity contribution in [3.63, 3.8) is 0 Å². The van der Waals surface area contributed by atoms with E-state index < -0.39 is 0 Å². The minimum atomic E-state index is -0.144. The van der Waals surface area contributed by atoms with E-state index in [0.717, 1.165) is 16.9 Å². The first-order chi connectivity index (χ1) is 13.5. The van der Waals surface area contributed by atoms with E-state index in [4.69, 9.17) is 11.6 Å². The van der Waals surface area contributed by atoms with E-state index in [1.807, 2.05) is 73.4 Å². The molecule has 0 saturated heterocycles.